The van der Waals surface area contributed by atoms with Gasteiger partial charge < -0.3 is 10.2 Å². The number of benzene rings is 1. The summed E-state index contributed by atoms with van der Waals surface area (Å²) in [5.41, 5.74) is 0.867. The van der Waals surface area contributed by atoms with Crippen molar-refractivity contribution in [3.8, 4) is 5.69 Å². The maximum absolute atomic E-state index is 12.3. The third kappa shape index (κ3) is 4.15. The van der Waals surface area contributed by atoms with E-state index in [9.17, 15) is 13.2 Å². The molecule has 0 atom stereocenters. The Morgan fingerprint density at radius 3 is 2.48 bits per heavy atom. The Labute approximate surface area is 146 Å². The minimum absolute atomic E-state index is 0.236. The van der Waals surface area contributed by atoms with Gasteiger partial charge in [-0.2, -0.15) is 9.40 Å². The molecule has 1 saturated heterocycles. The summed E-state index contributed by atoms with van der Waals surface area (Å²) in [6.07, 6.45) is 2.62. The van der Waals surface area contributed by atoms with Crippen LogP contribution in [0, 0.1) is 0 Å². The fraction of sp³-hybridized carbons (Fsp3) is 0.400. The molecule has 1 aromatic carbocycles. The molecule has 2 aromatic rings. The van der Waals surface area contributed by atoms with Gasteiger partial charge in [-0.15, -0.1) is 0 Å². The number of carbonyl (C=O) groups is 1. The molecule has 1 fully saturated rings. The van der Waals surface area contributed by atoms with E-state index in [1.807, 2.05) is 30.3 Å². The van der Waals surface area contributed by atoms with Gasteiger partial charge in [0.15, 0.2) is 5.82 Å². The zero-order valence-electron chi connectivity index (χ0n) is 13.9. The molecule has 2 heterocycles. The Balaban J connectivity index is 1.57. The largest absolute Gasteiger partial charge is 0.331 e. The van der Waals surface area contributed by atoms with Gasteiger partial charge in [0.2, 0.25) is 10.0 Å². The summed E-state index contributed by atoms with van der Waals surface area (Å²) in [6, 6.07) is 9.30. The lowest BCUT2D eigenvalue weighted by molar-refractivity contribution is 0.172. The van der Waals surface area contributed by atoms with Gasteiger partial charge in [0, 0.05) is 26.2 Å². The van der Waals surface area contributed by atoms with E-state index < -0.39 is 10.0 Å². The summed E-state index contributed by atoms with van der Waals surface area (Å²) in [6.45, 7) is 1.59. The quantitative estimate of drug-likeness (QED) is 0.826. The van der Waals surface area contributed by atoms with Crippen LogP contribution in [0.2, 0.25) is 0 Å². The number of sulfonamides is 1. The normalized spacial score (nSPS) is 16.0. The molecule has 0 radical (unpaired) electrons. The Bertz CT molecular complexity index is 828. The van der Waals surface area contributed by atoms with Crippen molar-refractivity contribution in [1.29, 1.82) is 0 Å². The number of nitrogens with zero attached hydrogens (tertiary/aromatic N) is 5. The Morgan fingerprint density at radius 2 is 1.84 bits per heavy atom. The molecule has 134 valence electrons. The van der Waals surface area contributed by atoms with Crippen LogP contribution in [0.15, 0.2) is 36.7 Å². The Kier molecular flexibility index (Phi) is 5.00. The van der Waals surface area contributed by atoms with E-state index in [1.165, 1.54) is 16.9 Å². The van der Waals surface area contributed by atoms with Crippen molar-refractivity contribution in [1.82, 2.24) is 29.3 Å². The van der Waals surface area contributed by atoms with Gasteiger partial charge in [-0.25, -0.2) is 22.9 Å². The van der Waals surface area contributed by atoms with Crippen LogP contribution >= 0.6 is 0 Å². The highest BCUT2D eigenvalue weighted by Crippen LogP contribution is 2.09. The van der Waals surface area contributed by atoms with E-state index in [2.05, 4.69) is 15.4 Å². The second-order valence-corrected chi connectivity index (χ2v) is 7.71. The minimum Gasteiger partial charge on any atom is -0.331 e. The first kappa shape index (κ1) is 17.4. The summed E-state index contributed by atoms with van der Waals surface area (Å²) in [4.78, 5) is 18.1. The molecule has 9 nitrogen and oxygen atoms in total. The molecular weight excluding hydrogens is 344 g/mol. The standard InChI is InChI=1S/C15H20N6O3S/c1-25(23,24)20-9-7-19(8-10-20)15(22)16-11-14-17-12-18-21(14)13-5-3-2-4-6-13/h2-6,12H,7-11H2,1H3,(H,16,22). The summed E-state index contributed by atoms with van der Waals surface area (Å²) in [5.74, 6) is 0.620. The van der Waals surface area contributed by atoms with Crippen LogP contribution in [0.5, 0.6) is 0 Å². The number of nitrogens with one attached hydrogen (secondary N) is 1. The predicted molar refractivity (Wildman–Crippen MR) is 91.6 cm³/mol. The first-order valence-corrected chi connectivity index (χ1v) is 9.72. The third-order valence-corrected chi connectivity index (χ3v) is 5.31. The number of urea groups is 1. The predicted octanol–water partition coefficient (Wildman–Crippen LogP) is 0.0541. The number of aromatic nitrogens is 3. The van der Waals surface area contributed by atoms with Crippen molar-refractivity contribution >= 4 is 16.1 Å². The number of piperazine rings is 1. The molecule has 1 aliphatic rings. The smallest absolute Gasteiger partial charge is 0.317 e. The van der Waals surface area contributed by atoms with Gasteiger partial charge in [0.1, 0.15) is 6.33 Å². The van der Waals surface area contributed by atoms with Crippen LogP contribution in [-0.2, 0) is 16.6 Å². The molecular formula is C15H20N6O3S. The van der Waals surface area contributed by atoms with E-state index >= 15 is 0 Å². The Morgan fingerprint density at radius 1 is 1.16 bits per heavy atom. The SMILES string of the molecule is CS(=O)(=O)N1CCN(C(=O)NCc2ncnn2-c2ccccc2)CC1. The molecule has 10 heteroatoms. The van der Waals surface area contributed by atoms with Crippen molar-refractivity contribution in [3.05, 3.63) is 42.5 Å². The molecule has 0 bridgehead atoms. The highest BCUT2D eigenvalue weighted by Gasteiger charge is 2.26. The van der Waals surface area contributed by atoms with Crippen molar-refractivity contribution in [2.75, 3.05) is 32.4 Å². The summed E-state index contributed by atoms with van der Waals surface area (Å²) in [5, 5.41) is 7.00. The minimum atomic E-state index is -3.21. The van der Waals surface area contributed by atoms with Crippen LogP contribution in [0.1, 0.15) is 5.82 Å². The van der Waals surface area contributed by atoms with Gasteiger partial charge in [0.25, 0.3) is 0 Å². The zero-order chi connectivity index (χ0) is 17.9. The number of hydrogen-bond donors (Lipinski definition) is 1. The monoisotopic (exact) mass is 364 g/mol. The van der Waals surface area contributed by atoms with Crippen LogP contribution in [-0.4, -0.2) is 70.9 Å². The van der Waals surface area contributed by atoms with E-state index in [4.69, 9.17) is 0 Å². The summed E-state index contributed by atoms with van der Waals surface area (Å²) >= 11 is 0. The van der Waals surface area contributed by atoms with E-state index in [0.29, 0.717) is 32.0 Å². The average Bonchev–Trinajstić information content (AvgIpc) is 3.08. The second kappa shape index (κ2) is 7.19. The molecule has 0 unspecified atom stereocenters. The third-order valence-electron chi connectivity index (χ3n) is 4.01. The van der Waals surface area contributed by atoms with Crippen molar-refractivity contribution in [2.45, 2.75) is 6.54 Å². The topological polar surface area (TPSA) is 100 Å². The second-order valence-electron chi connectivity index (χ2n) is 5.73. The van der Waals surface area contributed by atoms with Gasteiger partial charge in [-0.3, -0.25) is 0 Å². The van der Waals surface area contributed by atoms with Gasteiger partial charge in [0.05, 0.1) is 18.5 Å². The molecule has 2 amide bonds. The van der Waals surface area contributed by atoms with Crippen LogP contribution < -0.4 is 5.32 Å². The lowest BCUT2D eigenvalue weighted by Gasteiger charge is -2.33. The maximum Gasteiger partial charge on any atom is 0.317 e. The van der Waals surface area contributed by atoms with Crippen molar-refractivity contribution < 1.29 is 13.2 Å². The lowest BCUT2D eigenvalue weighted by atomic mass is 10.3. The molecule has 1 N–H and O–H groups in total. The molecule has 1 aromatic heterocycles. The van der Waals surface area contributed by atoms with E-state index in [-0.39, 0.29) is 12.6 Å². The Hall–Kier alpha value is -2.46. The van der Waals surface area contributed by atoms with Gasteiger partial charge in [-0.1, -0.05) is 18.2 Å². The fourth-order valence-corrected chi connectivity index (χ4v) is 3.49. The molecule has 0 aliphatic carbocycles. The molecule has 3 rings (SSSR count). The number of amides is 2. The number of para-hydroxylation sites is 1. The van der Waals surface area contributed by atoms with Crippen LogP contribution in [0.25, 0.3) is 5.69 Å². The first-order valence-electron chi connectivity index (χ1n) is 7.87. The number of hydrogen-bond acceptors (Lipinski definition) is 5. The zero-order valence-corrected chi connectivity index (χ0v) is 14.7. The van der Waals surface area contributed by atoms with E-state index in [0.717, 1.165) is 5.69 Å². The lowest BCUT2D eigenvalue weighted by Crippen LogP contribution is -2.52. The van der Waals surface area contributed by atoms with Crippen molar-refractivity contribution in [2.24, 2.45) is 0 Å². The van der Waals surface area contributed by atoms with Gasteiger partial charge in [-0.05, 0) is 12.1 Å². The molecule has 25 heavy (non-hydrogen) atoms. The van der Waals surface area contributed by atoms with Crippen LogP contribution in [0.3, 0.4) is 0 Å². The van der Waals surface area contributed by atoms with Crippen molar-refractivity contribution in [3.63, 3.8) is 0 Å². The molecule has 0 saturated carbocycles. The average molecular weight is 364 g/mol. The highest BCUT2D eigenvalue weighted by molar-refractivity contribution is 7.88. The molecule has 0 spiro atoms. The van der Waals surface area contributed by atoms with Gasteiger partial charge >= 0.3 is 6.03 Å². The maximum atomic E-state index is 12.3. The highest BCUT2D eigenvalue weighted by atomic mass is 32.2. The first-order chi connectivity index (χ1) is 11.9. The number of carbonyl (C=O) groups excluding carboxylic acids is 1. The number of rotatable bonds is 4. The molecule has 1 aliphatic heterocycles. The van der Waals surface area contributed by atoms with E-state index in [1.54, 1.807) is 9.58 Å². The fourth-order valence-electron chi connectivity index (χ4n) is 2.66. The van der Waals surface area contributed by atoms with Crippen LogP contribution in [0.4, 0.5) is 4.79 Å². The summed E-state index contributed by atoms with van der Waals surface area (Å²) < 4.78 is 26.1. The summed E-state index contributed by atoms with van der Waals surface area (Å²) in [7, 11) is -3.21.